The van der Waals surface area contributed by atoms with Crippen molar-refractivity contribution in [2.24, 2.45) is 0 Å². The summed E-state index contributed by atoms with van der Waals surface area (Å²) in [6.07, 6.45) is 0. The van der Waals surface area contributed by atoms with E-state index in [1.807, 2.05) is 0 Å². The standard InChI is InChI=1S/Bi.2H2O.V.3H/h;2*1H2;;;;. The average Bonchev–Trinajstić information content (AvgIpc) is 0. The van der Waals surface area contributed by atoms with Crippen molar-refractivity contribution in [1.82, 2.24) is 0 Å². The van der Waals surface area contributed by atoms with Crippen molar-refractivity contribution in [2.45, 2.75) is 0 Å². The molecule has 0 aliphatic heterocycles. The third-order valence-corrected chi connectivity index (χ3v) is 0. The summed E-state index contributed by atoms with van der Waals surface area (Å²) in [6.45, 7) is 0. The van der Waals surface area contributed by atoms with Crippen molar-refractivity contribution in [3.8, 4) is 0 Å². The molecule has 0 bridgehead atoms. The predicted octanol–water partition coefficient (Wildman–Crippen LogP) is -2.84. The second-order valence-corrected chi connectivity index (χ2v) is 0. The minimum absolute atomic E-state index is 0. The molecule has 0 amide bonds. The van der Waals surface area contributed by atoms with Crippen LogP contribution in [0.2, 0.25) is 0 Å². The molecule has 0 aliphatic rings. The Morgan fingerprint density at radius 3 is 0.750 bits per heavy atom. The summed E-state index contributed by atoms with van der Waals surface area (Å²) in [7, 11) is 0. The largest absolute Gasteiger partial charge is 0 e. The molecule has 0 rings (SSSR count). The monoisotopic (exact) mass is 299 g/mol. The van der Waals surface area contributed by atoms with Gasteiger partial charge in [-0.2, -0.15) is 0 Å². The van der Waals surface area contributed by atoms with Gasteiger partial charge in [0, 0.05) is 18.6 Å². The van der Waals surface area contributed by atoms with Gasteiger partial charge in [0.05, 0.1) is 0 Å². The quantitative estimate of drug-likeness (QED) is 0.433. The molecule has 0 atom stereocenters. The fourth-order valence-corrected chi connectivity index (χ4v) is 0. The second-order valence-electron chi connectivity index (χ2n) is 0. The Bertz CT molecular complexity index is 6.00. The predicted molar refractivity (Wildman–Crippen MR) is 17.2 cm³/mol. The normalized spacial score (nSPS) is 0. The zero-order chi connectivity index (χ0) is 0. The number of hydrogen-bond donors (Lipinski definition) is 0. The van der Waals surface area contributed by atoms with E-state index in [0.717, 1.165) is 0 Å². The van der Waals surface area contributed by atoms with Crippen LogP contribution in [0.5, 0.6) is 0 Å². The van der Waals surface area contributed by atoms with E-state index in [4.69, 9.17) is 0 Å². The maximum absolute atomic E-state index is 0. The van der Waals surface area contributed by atoms with Crippen molar-refractivity contribution in [2.75, 3.05) is 0 Å². The molecule has 4 N–H and O–H groups in total. The van der Waals surface area contributed by atoms with Gasteiger partial charge in [-0.3, -0.25) is 0 Å². The molecule has 29 valence electrons. The molecule has 0 spiro atoms. The number of hydrogen-bond acceptors (Lipinski definition) is 0. The van der Waals surface area contributed by atoms with E-state index < -0.39 is 0 Å². The van der Waals surface area contributed by atoms with Gasteiger partial charge in [0.1, 0.15) is 0 Å². The molecule has 1 radical (unpaired) electrons. The maximum Gasteiger partial charge on any atom is 0 e. The zero-order valence-electron chi connectivity index (χ0n) is 2.15. The van der Waals surface area contributed by atoms with Gasteiger partial charge in [0.15, 0.2) is 0 Å². The van der Waals surface area contributed by atoms with E-state index >= 15 is 0 Å². The molecule has 0 heterocycles. The Morgan fingerprint density at radius 2 is 0.750 bits per heavy atom. The van der Waals surface area contributed by atoms with E-state index in [-0.39, 0.29) is 55.7 Å². The average molecular weight is 299 g/mol. The molecule has 4 heavy (non-hydrogen) atoms. The van der Waals surface area contributed by atoms with Gasteiger partial charge >= 0.3 is 26.2 Å². The number of rotatable bonds is 0. The molecule has 4 heteroatoms. The van der Waals surface area contributed by atoms with E-state index in [9.17, 15) is 0 Å². The van der Waals surface area contributed by atoms with E-state index in [2.05, 4.69) is 0 Å². The molecular weight excluding hydrogens is 292 g/mol. The molecule has 0 saturated heterocycles. The molecule has 0 fully saturated rings. The molecule has 0 aromatic rings. The van der Waals surface area contributed by atoms with E-state index in [1.54, 1.807) is 0 Å². The first-order valence-corrected chi connectivity index (χ1v) is 0. The van der Waals surface area contributed by atoms with Crippen LogP contribution in [-0.2, 0) is 18.6 Å². The second kappa shape index (κ2) is 26.2. The van der Waals surface area contributed by atoms with E-state index in [0.29, 0.717) is 0 Å². The van der Waals surface area contributed by atoms with Gasteiger partial charge in [0.2, 0.25) is 0 Å². The summed E-state index contributed by atoms with van der Waals surface area (Å²) in [5.74, 6) is 0. The zero-order valence-corrected chi connectivity index (χ0v) is 9.05. The fraction of sp³-hybridized carbons (Fsp3) is 0. The summed E-state index contributed by atoms with van der Waals surface area (Å²) in [4.78, 5) is 0. The first-order chi connectivity index (χ1) is 0. The van der Waals surface area contributed by atoms with Gasteiger partial charge in [-0.25, -0.2) is 0 Å². The van der Waals surface area contributed by atoms with Crippen LogP contribution in [0.25, 0.3) is 0 Å². The Hall–Kier alpha value is 1.39. The topological polar surface area (TPSA) is 63.0 Å². The summed E-state index contributed by atoms with van der Waals surface area (Å²) >= 11 is 0. The van der Waals surface area contributed by atoms with Gasteiger partial charge in [-0.05, 0) is 0 Å². The van der Waals surface area contributed by atoms with Crippen molar-refractivity contribution in [3.63, 3.8) is 0 Å². The summed E-state index contributed by atoms with van der Waals surface area (Å²) < 4.78 is 0. The molecule has 0 aromatic carbocycles. The third-order valence-electron chi connectivity index (χ3n) is 0. The molecule has 0 saturated carbocycles. The molecule has 0 unspecified atom stereocenters. The summed E-state index contributed by atoms with van der Waals surface area (Å²) in [6, 6.07) is 0. The Labute approximate surface area is 55.6 Å². The van der Waals surface area contributed by atoms with Gasteiger partial charge < -0.3 is 11.0 Å². The Balaban J connectivity index is 0. The summed E-state index contributed by atoms with van der Waals surface area (Å²) in [5, 5.41) is 0. The fourth-order valence-electron chi connectivity index (χ4n) is 0. The van der Waals surface area contributed by atoms with Crippen molar-refractivity contribution in [3.05, 3.63) is 0 Å². The van der Waals surface area contributed by atoms with Gasteiger partial charge in [0.25, 0.3) is 0 Å². The van der Waals surface area contributed by atoms with Crippen LogP contribution in [0.15, 0.2) is 0 Å². The van der Waals surface area contributed by atoms with Gasteiger partial charge in [-0.1, -0.05) is 0 Å². The van der Waals surface area contributed by atoms with E-state index in [1.165, 1.54) is 0 Å². The SMILES string of the molecule is O.O.[BiH3].[V]. The smallest absolute Gasteiger partial charge is 0 e. The first kappa shape index (κ1) is 53.9. The minimum atomic E-state index is 0. The Kier molecular flexibility index (Phi) is 352. The van der Waals surface area contributed by atoms with Crippen molar-refractivity contribution in [1.29, 1.82) is 0 Å². The van der Waals surface area contributed by atoms with Crippen LogP contribution in [0.1, 0.15) is 0 Å². The summed E-state index contributed by atoms with van der Waals surface area (Å²) in [5.41, 5.74) is 0. The first-order valence-electron chi connectivity index (χ1n) is 0. The molecule has 0 aliphatic carbocycles. The minimum Gasteiger partial charge on any atom is 0 e. The van der Waals surface area contributed by atoms with Crippen LogP contribution in [-0.4, -0.2) is 37.2 Å². The van der Waals surface area contributed by atoms with Gasteiger partial charge in [-0.15, -0.1) is 0 Å². The molecule has 2 nitrogen and oxygen atoms in total. The Morgan fingerprint density at radius 1 is 0.750 bits per heavy atom. The van der Waals surface area contributed by atoms with Crippen LogP contribution in [0.3, 0.4) is 0 Å². The van der Waals surface area contributed by atoms with Crippen LogP contribution >= 0.6 is 0 Å². The van der Waals surface area contributed by atoms with Crippen LogP contribution < -0.4 is 0 Å². The van der Waals surface area contributed by atoms with Crippen molar-refractivity contribution >= 4 is 26.2 Å². The molecular formula is H7BiO2V. The maximum atomic E-state index is 0. The van der Waals surface area contributed by atoms with Crippen molar-refractivity contribution < 1.29 is 29.5 Å². The van der Waals surface area contributed by atoms with Crippen LogP contribution in [0.4, 0.5) is 0 Å². The van der Waals surface area contributed by atoms with Crippen LogP contribution in [0, 0.1) is 0 Å². The third kappa shape index (κ3) is 10.0. The molecule has 0 aromatic heterocycles.